The molecule has 2 aromatic rings. The summed E-state index contributed by atoms with van der Waals surface area (Å²) in [5.74, 6) is -0.370. The van der Waals surface area contributed by atoms with E-state index in [1.165, 1.54) is 16.9 Å². The zero-order valence-electron chi connectivity index (χ0n) is 23.8. The van der Waals surface area contributed by atoms with Gasteiger partial charge in [0.25, 0.3) is 5.91 Å². The topological polar surface area (TPSA) is 82.2 Å². The summed E-state index contributed by atoms with van der Waals surface area (Å²) in [6.07, 6.45) is 0. The highest BCUT2D eigenvalue weighted by molar-refractivity contribution is 7.12. The molecule has 8 nitrogen and oxygen atoms in total. The first-order valence-corrected chi connectivity index (χ1v) is 14.6. The van der Waals surface area contributed by atoms with Gasteiger partial charge in [-0.05, 0) is 48.8 Å². The third-order valence-electron chi connectivity index (χ3n) is 7.44. The molecule has 2 atom stereocenters. The van der Waals surface area contributed by atoms with Gasteiger partial charge >= 0.3 is 12.0 Å². The van der Waals surface area contributed by atoms with Crippen molar-refractivity contribution in [1.29, 1.82) is 0 Å². The second-order valence-corrected chi connectivity index (χ2v) is 12.1. The number of rotatable bonds is 7. The molecule has 2 aliphatic rings. The van der Waals surface area contributed by atoms with Crippen LogP contribution in [-0.2, 0) is 14.9 Å². The van der Waals surface area contributed by atoms with Gasteiger partial charge in [-0.15, -0.1) is 11.3 Å². The maximum Gasteiger partial charge on any atom is 0.338 e. The normalized spacial score (nSPS) is 20.7. The number of amides is 3. The number of hydrogen-bond acceptors (Lipinski definition) is 6. The van der Waals surface area contributed by atoms with Gasteiger partial charge in [0.2, 0.25) is 0 Å². The Hall–Kier alpha value is -3.17. The molecule has 4 rings (SSSR count). The molecule has 1 aromatic carbocycles. The van der Waals surface area contributed by atoms with E-state index in [1.807, 2.05) is 48.4 Å². The standard InChI is InChI=1S/C30H40N4O4S/c1-7-33-23(19-32-15-16-34(20(3)18-32)27(35)24-10-9-17-39-24)25(28(36)38-8-2)26(31-29(33)37)21-11-13-22(14-12-21)30(4,5)6/h9-14,17,20,26H,7-8,15-16,18-19H2,1-6H3,(H,31,37). The fourth-order valence-electron chi connectivity index (χ4n) is 5.32. The molecule has 210 valence electrons. The van der Waals surface area contributed by atoms with Crippen molar-refractivity contribution < 1.29 is 19.1 Å². The molecule has 0 saturated carbocycles. The summed E-state index contributed by atoms with van der Waals surface area (Å²) in [4.78, 5) is 46.3. The lowest BCUT2D eigenvalue weighted by molar-refractivity contribution is -0.139. The molecular weight excluding hydrogens is 512 g/mol. The third-order valence-corrected chi connectivity index (χ3v) is 8.30. The Morgan fingerprint density at radius 2 is 1.82 bits per heavy atom. The zero-order valence-corrected chi connectivity index (χ0v) is 24.6. The SMILES string of the molecule is CCOC(=O)C1=C(CN2CCN(C(=O)c3cccs3)C(C)C2)N(CC)C(=O)NC1c1ccc(C(C)(C)C)cc1. The number of urea groups is 1. The fraction of sp³-hybridized carbons (Fsp3) is 0.500. The molecule has 0 bridgehead atoms. The lowest BCUT2D eigenvalue weighted by Crippen LogP contribution is -2.56. The summed E-state index contributed by atoms with van der Waals surface area (Å²) in [6.45, 7) is 15.1. The molecule has 1 N–H and O–H groups in total. The predicted octanol–water partition coefficient (Wildman–Crippen LogP) is 4.80. The van der Waals surface area contributed by atoms with Crippen LogP contribution in [-0.4, -0.2) is 78.0 Å². The van der Waals surface area contributed by atoms with Gasteiger partial charge in [0.05, 0.1) is 23.1 Å². The van der Waals surface area contributed by atoms with Crippen LogP contribution in [0.25, 0.3) is 0 Å². The average Bonchev–Trinajstić information content (AvgIpc) is 3.43. The molecule has 1 aromatic heterocycles. The van der Waals surface area contributed by atoms with E-state index in [1.54, 1.807) is 11.8 Å². The fourth-order valence-corrected chi connectivity index (χ4v) is 5.99. The van der Waals surface area contributed by atoms with Gasteiger partial charge in [-0.3, -0.25) is 14.6 Å². The molecule has 0 spiro atoms. The van der Waals surface area contributed by atoms with Crippen LogP contribution < -0.4 is 5.32 Å². The Bertz CT molecular complexity index is 1220. The number of ether oxygens (including phenoxy) is 1. The smallest absolute Gasteiger partial charge is 0.338 e. The number of carbonyl (C=O) groups excluding carboxylic acids is 3. The van der Waals surface area contributed by atoms with Gasteiger partial charge in [-0.1, -0.05) is 51.1 Å². The van der Waals surface area contributed by atoms with E-state index in [4.69, 9.17) is 4.74 Å². The average molecular weight is 553 g/mol. The number of nitrogens with one attached hydrogen (secondary N) is 1. The van der Waals surface area contributed by atoms with Gasteiger partial charge in [0.15, 0.2) is 0 Å². The Labute approximate surface area is 235 Å². The first-order valence-electron chi connectivity index (χ1n) is 13.7. The monoisotopic (exact) mass is 552 g/mol. The minimum Gasteiger partial charge on any atom is -0.463 e. The van der Waals surface area contributed by atoms with Gasteiger partial charge < -0.3 is 15.0 Å². The van der Waals surface area contributed by atoms with Crippen molar-refractivity contribution >= 4 is 29.2 Å². The molecule has 9 heteroatoms. The van der Waals surface area contributed by atoms with E-state index >= 15 is 0 Å². The maximum atomic E-state index is 13.4. The first kappa shape index (κ1) is 28.8. The number of piperazine rings is 1. The number of likely N-dealkylation sites (N-methyl/N-ethyl adjacent to an activating group) is 1. The number of hydrogen-bond donors (Lipinski definition) is 1. The first-order chi connectivity index (χ1) is 18.5. The number of thiophene rings is 1. The number of esters is 1. The molecule has 2 unspecified atom stereocenters. The maximum absolute atomic E-state index is 13.4. The number of benzene rings is 1. The largest absolute Gasteiger partial charge is 0.463 e. The molecular formula is C30H40N4O4S. The van der Waals surface area contributed by atoms with Crippen LogP contribution in [0, 0.1) is 0 Å². The summed E-state index contributed by atoms with van der Waals surface area (Å²) in [5.41, 5.74) is 3.13. The Balaban J connectivity index is 1.65. The number of nitrogens with zero attached hydrogens (tertiary/aromatic N) is 3. The van der Waals surface area contributed by atoms with Gasteiger partial charge in [-0.25, -0.2) is 9.59 Å². The summed E-state index contributed by atoms with van der Waals surface area (Å²) >= 11 is 1.45. The highest BCUT2D eigenvalue weighted by Gasteiger charge is 2.39. The van der Waals surface area contributed by atoms with E-state index < -0.39 is 12.0 Å². The number of carbonyl (C=O) groups is 3. The molecule has 3 heterocycles. The van der Waals surface area contributed by atoms with Gasteiger partial charge in [0.1, 0.15) is 0 Å². The molecule has 1 fully saturated rings. The predicted molar refractivity (Wildman–Crippen MR) is 154 cm³/mol. The summed E-state index contributed by atoms with van der Waals surface area (Å²) < 4.78 is 5.52. The Kier molecular flexibility index (Phi) is 8.81. The van der Waals surface area contributed by atoms with Crippen molar-refractivity contribution in [3.05, 3.63) is 69.1 Å². The molecule has 1 saturated heterocycles. The summed E-state index contributed by atoms with van der Waals surface area (Å²) in [5, 5.41) is 4.97. The second kappa shape index (κ2) is 11.9. The van der Waals surface area contributed by atoms with Crippen LogP contribution in [0.15, 0.2) is 53.0 Å². The molecule has 39 heavy (non-hydrogen) atoms. The molecule has 3 amide bonds. The Morgan fingerprint density at radius 1 is 1.10 bits per heavy atom. The van der Waals surface area contributed by atoms with E-state index in [9.17, 15) is 14.4 Å². The van der Waals surface area contributed by atoms with Crippen molar-refractivity contribution in [1.82, 2.24) is 20.0 Å². The van der Waals surface area contributed by atoms with Gasteiger partial charge in [0, 0.05) is 44.5 Å². The van der Waals surface area contributed by atoms with Crippen molar-refractivity contribution in [3.63, 3.8) is 0 Å². The third kappa shape index (κ3) is 6.20. The van der Waals surface area contributed by atoms with Crippen LogP contribution in [0.3, 0.4) is 0 Å². The highest BCUT2D eigenvalue weighted by atomic mass is 32.1. The quantitative estimate of drug-likeness (QED) is 0.500. The van der Waals surface area contributed by atoms with Crippen LogP contribution in [0.2, 0.25) is 0 Å². The summed E-state index contributed by atoms with van der Waals surface area (Å²) in [6, 6.07) is 11.0. The highest BCUT2D eigenvalue weighted by Crippen LogP contribution is 2.34. The van der Waals surface area contributed by atoms with Crippen LogP contribution in [0.4, 0.5) is 4.79 Å². The van der Waals surface area contributed by atoms with E-state index in [0.29, 0.717) is 44.0 Å². The van der Waals surface area contributed by atoms with Crippen LogP contribution in [0.5, 0.6) is 0 Å². The lowest BCUT2D eigenvalue weighted by Gasteiger charge is -2.42. The van der Waals surface area contributed by atoms with E-state index in [2.05, 4.69) is 43.1 Å². The van der Waals surface area contributed by atoms with Crippen LogP contribution in [0.1, 0.15) is 68.4 Å². The van der Waals surface area contributed by atoms with E-state index in [-0.39, 0.29) is 30.0 Å². The van der Waals surface area contributed by atoms with E-state index in [0.717, 1.165) is 10.4 Å². The minimum atomic E-state index is -0.609. The van der Waals surface area contributed by atoms with Crippen molar-refractivity contribution in [2.45, 2.75) is 59.0 Å². The minimum absolute atomic E-state index is 0.00627. The van der Waals surface area contributed by atoms with Gasteiger partial charge in [-0.2, -0.15) is 0 Å². The molecule has 0 radical (unpaired) electrons. The molecule has 0 aliphatic carbocycles. The zero-order chi connectivity index (χ0) is 28.3. The second-order valence-electron chi connectivity index (χ2n) is 11.1. The lowest BCUT2D eigenvalue weighted by atomic mass is 9.85. The molecule has 2 aliphatic heterocycles. The van der Waals surface area contributed by atoms with Crippen molar-refractivity contribution in [3.8, 4) is 0 Å². The van der Waals surface area contributed by atoms with Crippen molar-refractivity contribution in [2.24, 2.45) is 0 Å². The summed E-state index contributed by atoms with van der Waals surface area (Å²) in [7, 11) is 0. The van der Waals surface area contributed by atoms with Crippen molar-refractivity contribution in [2.75, 3.05) is 39.3 Å². The Morgan fingerprint density at radius 3 is 2.38 bits per heavy atom. The van der Waals surface area contributed by atoms with Crippen LogP contribution >= 0.6 is 11.3 Å².